The fourth-order valence-electron chi connectivity index (χ4n) is 2.67. The normalized spacial score (nSPS) is 10.7. The topological polar surface area (TPSA) is 58.9 Å². The number of nitrogens with zero attached hydrogens (tertiary/aromatic N) is 2. The van der Waals surface area contributed by atoms with Crippen molar-refractivity contribution in [3.63, 3.8) is 0 Å². The zero-order chi connectivity index (χ0) is 16.2. The number of isocyanates is 2. The average molecular weight is 286 g/mol. The van der Waals surface area contributed by atoms with Crippen LogP contribution in [0.25, 0.3) is 0 Å². The molecule has 112 valence electrons. The van der Waals surface area contributed by atoms with Gasteiger partial charge in [0.1, 0.15) is 0 Å². The van der Waals surface area contributed by atoms with Crippen LogP contribution in [-0.4, -0.2) is 12.2 Å². The Morgan fingerprint density at radius 3 is 1.71 bits per heavy atom. The van der Waals surface area contributed by atoms with Gasteiger partial charge in [-0.25, -0.2) is 9.59 Å². The van der Waals surface area contributed by atoms with Crippen LogP contribution in [0.5, 0.6) is 0 Å². The summed E-state index contributed by atoms with van der Waals surface area (Å²) in [6.07, 6.45) is 3.24. The molecule has 0 aliphatic carbocycles. The van der Waals surface area contributed by atoms with Gasteiger partial charge in [0.25, 0.3) is 0 Å². The quantitative estimate of drug-likeness (QED) is 0.565. The van der Waals surface area contributed by atoms with Crippen molar-refractivity contribution in [2.75, 3.05) is 0 Å². The maximum atomic E-state index is 10.9. The third kappa shape index (κ3) is 3.55. The monoisotopic (exact) mass is 286 g/mol. The van der Waals surface area contributed by atoms with E-state index in [1.54, 1.807) is 12.2 Å². The number of hydrogen-bond acceptors (Lipinski definition) is 4. The van der Waals surface area contributed by atoms with Gasteiger partial charge in [-0.3, -0.25) is 0 Å². The standard InChI is InChI=1S/C17H22N2O2/c1-10(2)13-7-14(18-8-20)16(12(5)6)17(19-9-21)15(13)11(3)4/h7,10-12H,1-6H3. The predicted octanol–water partition coefficient (Wildman–Crippen LogP) is 4.99. The molecule has 1 aromatic rings. The molecule has 4 heteroatoms. The van der Waals surface area contributed by atoms with Crippen molar-refractivity contribution < 1.29 is 9.59 Å². The van der Waals surface area contributed by atoms with Crippen LogP contribution in [0.4, 0.5) is 11.4 Å². The van der Waals surface area contributed by atoms with Gasteiger partial charge in [-0.2, -0.15) is 9.98 Å². The SMILES string of the molecule is CC(C)c1cc(N=C=O)c(C(C)C)c(N=C=O)c1C(C)C. The third-order valence-electron chi connectivity index (χ3n) is 3.49. The summed E-state index contributed by atoms with van der Waals surface area (Å²) >= 11 is 0. The summed E-state index contributed by atoms with van der Waals surface area (Å²) in [4.78, 5) is 29.4. The van der Waals surface area contributed by atoms with E-state index in [9.17, 15) is 9.59 Å². The summed E-state index contributed by atoms with van der Waals surface area (Å²) in [5, 5.41) is 0. The van der Waals surface area contributed by atoms with E-state index in [-0.39, 0.29) is 17.8 Å². The highest BCUT2D eigenvalue weighted by molar-refractivity contribution is 5.73. The van der Waals surface area contributed by atoms with Crippen LogP contribution in [0.1, 0.15) is 76.0 Å². The van der Waals surface area contributed by atoms with Crippen LogP contribution in [0.2, 0.25) is 0 Å². The largest absolute Gasteiger partial charge is 0.240 e. The van der Waals surface area contributed by atoms with E-state index in [2.05, 4.69) is 37.7 Å². The van der Waals surface area contributed by atoms with Crippen molar-refractivity contribution in [3.05, 3.63) is 22.8 Å². The van der Waals surface area contributed by atoms with Crippen LogP contribution in [-0.2, 0) is 9.59 Å². The van der Waals surface area contributed by atoms with E-state index in [4.69, 9.17) is 0 Å². The smallest absolute Gasteiger partial charge is 0.211 e. The molecule has 0 heterocycles. The van der Waals surface area contributed by atoms with Crippen molar-refractivity contribution in [2.24, 2.45) is 9.98 Å². The molecule has 0 radical (unpaired) electrons. The lowest BCUT2D eigenvalue weighted by Gasteiger charge is -2.23. The number of aliphatic imine (C=N–C) groups is 2. The number of benzene rings is 1. The molecule has 0 N–H and O–H groups in total. The maximum Gasteiger partial charge on any atom is 0.240 e. The highest BCUT2D eigenvalue weighted by Gasteiger charge is 2.23. The molecule has 0 aliphatic rings. The highest BCUT2D eigenvalue weighted by Crippen LogP contribution is 2.44. The molecular formula is C17H22N2O2. The first kappa shape index (κ1) is 17.0. The Balaban J connectivity index is 3.97. The zero-order valence-electron chi connectivity index (χ0n) is 13.5. The van der Waals surface area contributed by atoms with E-state index >= 15 is 0 Å². The molecule has 0 saturated carbocycles. The molecule has 1 aromatic carbocycles. The maximum absolute atomic E-state index is 10.9. The molecule has 0 bridgehead atoms. The summed E-state index contributed by atoms with van der Waals surface area (Å²) in [5.74, 6) is 0.536. The molecule has 0 spiro atoms. The number of rotatable bonds is 5. The molecule has 1 rings (SSSR count). The molecule has 0 saturated heterocycles. The molecule has 0 amide bonds. The molecule has 21 heavy (non-hydrogen) atoms. The highest BCUT2D eigenvalue weighted by atomic mass is 16.1. The Bertz CT molecular complexity index is 618. The Morgan fingerprint density at radius 1 is 0.810 bits per heavy atom. The van der Waals surface area contributed by atoms with Gasteiger partial charge >= 0.3 is 0 Å². The second kappa shape index (κ2) is 7.12. The average Bonchev–Trinajstić information content (AvgIpc) is 2.37. The summed E-state index contributed by atoms with van der Waals surface area (Å²) in [6.45, 7) is 12.2. The van der Waals surface area contributed by atoms with Crippen molar-refractivity contribution in [2.45, 2.75) is 59.3 Å². The van der Waals surface area contributed by atoms with Gasteiger partial charge in [0.05, 0.1) is 11.4 Å². The summed E-state index contributed by atoms with van der Waals surface area (Å²) in [7, 11) is 0. The Labute approximate surface area is 126 Å². The van der Waals surface area contributed by atoms with E-state index in [0.717, 1.165) is 16.7 Å². The Hall–Kier alpha value is -2.02. The first-order chi connectivity index (χ1) is 9.84. The lowest BCUT2D eigenvalue weighted by Crippen LogP contribution is -2.03. The van der Waals surface area contributed by atoms with Crippen LogP contribution in [0.3, 0.4) is 0 Å². The van der Waals surface area contributed by atoms with E-state index in [1.165, 1.54) is 0 Å². The first-order valence-corrected chi connectivity index (χ1v) is 7.21. The molecule has 0 aromatic heterocycles. The predicted molar refractivity (Wildman–Crippen MR) is 84.3 cm³/mol. The second-order valence-corrected chi connectivity index (χ2v) is 6.03. The summed E-state index contributed by atoms with van der Waals surface area (Å²) < 4.78 is 0. The van der Waals surface area contributed by atoms with Crippen molar-refractivity contribution >= 4 is 23.5 Å². The fraction of sp³-hybridized carbons (Fsp3) is 0.529. The van der Waals surface area contributed by atoms with Gasteiger partial charge in [0, 0.05) is 5.56 Å². The van der Waals surface area contributed by atoms with Crippen LogP contribution >= 0.6 is 0 Å². The van der Waals surface area contributed by atoms with E-state index < -0.39 is 0 Å². The summed E-state index contributed by atoms with van der Waals surface area (Å²) in [6, 6.07) is 1.92. The Morgan fingerprint density at radius 2 is 1.33 bits per heavy atom. The lowest BCUT2D eigenvalue weighted by molar-refractivity contribution is 0.564. The number of carbonyl (C=O) groups excluding carboxylic acids is 2. The van der Waals surface area contributed by atoms with Crippen molar-refractivity contribution in [1.82, 2.24) is 0 Å². The minimum absolute atomic E-state index is 0.0860. The van der Waals surface area contributed by atoms with Crippen molar-refractivity contribution in [3.8, 4) is 0 Å². The molecule has 0 unspecified atom stereocenters. The zero-order valence-corrected chi connectivity index (χ0v) is 13.5. The van der Waals surface area contributed by atoms with Gasteiger partial charge in [0.15, 0.2) is 0 Å². The van der Waals surface area contributed by atoms with Gasteiger partial charge in [0.2, 0.25) is 12.2 Å². The lowest BCUT2D eigenvalue weighted by atomic mass is 9.84. The molecule has 4 nitrogen and oxygen atoms in total. The van der Waals surface area contributed by atoms with Gasteiger partial charge in [-0.1, -0.05) is 41.5 Å². The second-order valence-electron chi connectivity index (χ2n) is 6.03. The molecule has 0 aliphatic heterocycles. The van der Waals surface area contributed by atoms with E-state index in [0.29, 0.717) is 11.4 Å². The van der Waals surface area contributed by atoms with Crippen LogP contribution < -0.4 is 0 Å². The summed E-state index contributed by atoms with van der Waals surface area (Å²) in [5.41, 5.74) is 4.03. The molecular weight excluding hydrogens is 264 g/mol. The van der Waals surface area contributed by atoms with Gasteiger partial charge in [-0.05, 0) is 34.9 Å². The first-order valence-electron chi connectivity index (χ1n) is 7.21. The third-order valence-corrected chi connectivity index (χ3v) is 3.49. The van der Waals surface area contributed by atoms with Crippen molar-refractivity contribution in [1.29, 1.82) is 0 Å². The fourth-order valence-corrected chi connectivity index (χ4v) is 2.67. The van der Waals surface area contributed by atoms with E-state index in [1.807, 2.05) is 19.9 Å². The molecule has 0 fully saturated rings. The van der Waals surface area contributed by atoms with Gasteiger partial charge in [-0.15, -0.1) is 0 Å². The van der Waals surface area contributed by atoms with Crippen LogP contribution in [0.15, 0.2) is 16.1 Å². The Kier molecular flexibility index (Phi) is 5.78. The minimum atomic E-state index is 0.0860. The molecule has 0 atom stereocenters. The van der Waals surface area contributed by atoms with Crippen LogP contribution in [0, 0.1) is 0 Å². The minimum Gasteiger partial charge on any atom is -0.211 e. The van der Waals surface area contributed by atoms with Gasteiger partial charge < -0.3 is 0 Å². The number of hydrogen-bond donors (Lipinski definition) is 0.